The molecule has 4 atom stereocenters. The predicted octanol–water partition coefficient (Wildman–Crippen LogP) is 5.39. The summed E-state index contributed by atoms with van der Waals surface area (Å²) in [6.07, 6.45) is 3.21. The van der Waals surface area contributed by atoms with Gasteiger partial charge in [0.15, 0.2) is 0 Å². The number of halogens is 3. The zero-order valence-corrected chi connectivity index (χ0v) is 25.1. The maximum absolute atomic E-state index is 14.9. The Balaban J connectivity index is 0.00000127. The lowest BCUT2D eigenvalue weighted by Crippen LogP contribution is -2.41. The molecular weight excluding hydrogens is 503 g/mol. The lowest BCUT2D eigenvalue weighted by atomic mass is 10.00. The molecule has 0 aromatic carbocycles. The number of hydrazine groups is 1. The molecule has 0 radical (unpaired) electrons. The maximum atomic E-state index is 14.9. The van der Waals surface area contributed by atoms with Crippen LogP contribution in [-0.2, 0) is 0 Å². The van der Waals surface area contributed by atoms with Gasteiger partial charge in [0, 0.05) is 19.2 Å². The second-order valence-corrected chi connectivity index (χ2v) is 9.40. The van der Waals surface area contributed by atoms with E-state index in [1.54, 1.807) is 6.92 Å². The van der Waals surface area contributed by atoms with Crippen molar-refractivity contribution in [2.45, 2.75) is 79.7 Å². The first-order valence-electron chi connectivity index (χ1n) is 13.8. The van der Waals surface area contributed by atoms with Gasteiger partial charge in [0.25, 0.3) is 0 Å². The number of alkyl halides is 1. The first-order valence-corrected chi connectivity index (χ1v) is 13.8. The largest absolute Gasteiger partial charge is 0.364 e. The number of dihydropyridines is 1. The van der Waals surface area contributed by atoms with E-state index in [0.29, 0.717) is 18.9 Å². The van der Waals surface area contributed by atoms with E-state index < -0.39 is 17.8 Å². The minimum Gasteiger partial charge on any atom is -0.364 e. The highest BCUT2D eigenvalue weighted by atomic mass is 19.1. The third-order valence-electron chi connectivity index (χ3n) is 7.03. The van der Waals surface area contributed by atoms with Gasteiger partial charge in [-0.3, -0.25) is 4.90 Å². The van der Waals surface area contributed by atoms with Crippen molar-refractivity contribution in [1.82, 2.24) is 30.9 Å². The number of aliphatic imine (C=N–C) groups is 1. The second kappa shape index (κ2) is 13.9. The van der Waals surface area contributed by atoms with Crippen molar-refractivity contribution in [1.29, 1.82) is 0 Å². The summed E-state index contributed by atoms with van der Waals surface area (Å²) in [7, 11) is 3.82. The molecule has 4 rings (SSSR count). The van der Waals surface area contributed by atoms with Gasteiger partial charge in [-0.05, 0) is 46.9 Å². The molecule has 4 aliphatic rings. The van der Waals surface area contributed by atoms with Crippen molar-refractivity contribution in [2.24, 2.45) is 4.99 Å². The highest BCUT2D eigenvalue weighted by molar-refractivity contribution is 6.04. The van der Waals surface area contributed by atoms with Gasteiger partial charge in [-0.25, -0.2) is 23.2 Å². The average Bonchev–Trinajstić information content (AvgIpc) is 3.41. The van der Waals surface area contributed by atoms with Crippen LogP contribution < -0.4 is 16.1 Å². The van der Waals surface area contributed by atoms with Gasteiger partial charge < -0.3 is 21.0 Å². The molecule has 10 heteroatoms. The number of nitrogens with zero attached hydrogens (tertiary/aromatic N) is 4. The highest BCUT2D eigenvalue weighted by Gasteiger charge is 2.39. The van der Waals surface area contributed by atoms with Gasteiger partial charge in [-0.2, -0.15) is 0 Å². The van der Waals surface area contributed by atoms with Crippen LogP contribution in [0, 0.1) is 0 Å². The number of likely N-dealkylation sites (N-methyl/N-ethyl adjacent to an activating group) is 2. The minimum atomic E-state index is -0.956. The van der Waals surface area contributed by atoms with Crippen molar-refractivity contribution in [3.63, 3.8) is 0 Å². The monoisotopic (exact) mass is 549 g/mol. The summed E-state index contributed by atoms with van der Waals surface area (Å²) in [5, 5.41) is 8.59. The standard InChI is InChI=1S/C25H34F3N7.2C2H6/c1-8-17(27)21(18(28)9-2)25-30-22-14(4)29-20(35-11-19(13(3)26)33(6)12-35)10-16(22)24-23(31-25)15(5)34(7)32-24;2*1-2/h8-10,13-15,19,29,32H,1,11-12H2,2-7H3,(H,30,31);2*1-2H3/b18-9+,21-17-;;. The van der Waals surface area contributed by atoms with Gasteiger partial charge in [0.2, 0.25) is 0 Å². The van der Waals surface area contributed by atoms with Gasteiger partial charge in [-0.15, -0.1) is 0 Å². The van der Waals surface area contributed by atoms with Crippen LogP contribution in [0.3, 0.4) is 0 Å². The first-order chi connectivity index (χ1) is 18.6. The molecule has 7 nitrogen and oxygen atoms in total. The summed E-state index contributed by atoms with van der Waals surface area (Å²) in [6, 6.07) is -0.584. The molecule has 0 aromatic rings. The number of hydrogen-bond donors (Lipinski definition) is 3. The highest BCUT2D eigenvalue weighted by Crippen LogP contribution is 2.35. The lowest BCUT2D eigenvalue weighted by Gasteiger charge is -2.31. The van der Waals surface area contributed by atoms with Crippen LogP contribution in [0.4, 0.5) is 13.2 Å². The van der Waals surface area contributed by atoms with Gasteiger partial charge in [0.05, 0.1) is 47.5 Å². The molecule has 4 aliphatic heterocycles. The fraction of sp³-hybridized carbons (Fsp3) is 0.552. The molecule has 0 aromatic heterocycles. The molecule has 0 saturated carbocycles. The quantitative estimate of drug-likeness (QED) is 0.400. The van der Waals surface area contributed by atoms with Crippen LogP contribution in [0.1, 0.15) is 55.4 Å². The van der Waals surface area contributed by atoms with Crippen molar-refractivity contribution < 1.29 is 13.2 Å². The number of hydrogen-bond acceptors (Lipinski definition) is 7. The zero-order valence-electron chi connectivity index (χ0n) is 25.1. The summed E-state index contributed by atoms with van der Waals surface area (Å²) in [6.45, 7) is 19.6. The number of allylic oxidation sites excluding steroid dienone is 4. The van der Waals surface area contributed by atoms with E-state index >= 15 is 0 Å². The molecule has 4 unspecified atom stereocenters. The van der Waals surface area contributed by atoms with E-state index in [1.807, 2.05) is 71.6 Å². The summed E-state index contributed by atoms with van der Waals surface area (Å²) in [5.41, 5.74) is 6.11. The van der Waals surface area contributed by atoms with E-state index in [1.165, 1.54) is 13.0 Å². The fourth-order valence-electron chi connectivity index (χ4n) is 4.87. The summed E-state index contributed by atoms with van der Waals surface area (Å²) in [4.78, 5) is 8.84. The first kappa shape index (κ1) is 32.2. The van der Waals surface area contributed by atoms with Crippen LogP contribution in [0.5, 0.6) is 0 Å². The van der Waals surface area contributed by atoms with Crippen LogP contribution >= 0.6 is 0 Å². The molecule has 0 aliphatic carbocycles. The normalized spacial score (nSPS) is 26.6. The van der Waals surface area contributed by atoms with E-state index in [2.05, 4.69) is 27.5 Å². The van der Waals surface area contributed by atoms with Crippen LogP contribution in [0.25, 0.3) is 0 Å². The fourth-order valence-corrected chi connectivity index (χ4v) is 4.87. The minimum absolute atomic E-state index is 0.0807. The Morgan fingerprint density at radius 2 is 1.82 bits per heavy atom. The van der Waals surface area contributed by atoms with Gasteiger partial charge in [0.1, 0.15) is 29.5 Å². The Hall–Kier alpha value is -2.98. The van der Waals surface area contributed by atoms with Gasteiger partial charge >= 0.3 is 0 Å². The van der Waals surface area contributed by atoms with Crippen molar-refractivity contribution in [2.75, 3.05) is 27.3 Å². The van der Waals surface area contributed by atoms with Crippen molar-refractivity contribution in [3.05, 3.63) is 70.5 Å². The van der Waals surface area contributed by atoms with Crippen molar-refractivity contribution >= 4 is 5.84 Å². The molecule has 4 heterocycles. The Bertz CT molecular complexity index is 1100. The molecule has 1 fully saturated rings. The Kier molecular flexibility index (Phi) is 11.5. The van der Waals surface area contributed by atoms with Crippen LogP contribution in [0.2, 0.25) is 0 Å². The molecule has 3 N–H and O–H groups in total. The van der Waals surface area contributed by atoms with E-state index in [-0.39, 0.29) is 29.5 Å². The van der Waals surface area contributed by atoms with Crippen LogP contribution in [0.15, 0.2) is 75.5 Å². The van der Waals surface area contributed by atoms with E-state index in [0.717, 1.165) is 28.9 Å². The van der Waals surface area contributed by atoms with E-state index in [9.17, 15) is 13.2 Å². The summed E-state index contributed by atoms with van der Waals surface area (Å²) in [5.74, 6) is -0.597. The summed E-state index contributed by atoms with van der Waals surface area (Å²) >= 11 is 0. The molecular formula is C29H46F3N7. The lowest BCUT2D eigenvalue weighted by molar-refractivity contribution is 0.192. The summed E-state index contributed by atoms with van der Waals surface area (Å²) < 4.78 is 43.8. The molecule has 1 saturated heterocycles. The Morgan fingerprint density at radius 1 is 1.18 bits per heavy atom. The van der Waals surface area contributed by atoms with Crippen molar-refractivity contribution in [3.8, 4) is 0 Å². The zero-order chi connectivity index (χ0) is 29.6. The predicted molar refractivity (Wildman–Crippen MR) is 155 cm³/mol. The third-order valence-corrected chi connectivity index (χ3v) is 7.03. The number of rotatable bonds is 5. The Morgan fingerprint density at radius 3 is 2.36 bits per heavy atom. The Labute approximate surface area is 232 Å². The number of amidine groups is 1. The van der Waals surface area contributed by atoms with Gasteiger partial charge in [-0.1, -0.05) is 40.3 Å². The van der Waals surface area contributed by atoms with Crippen LogP contribution in [-0.4, -0.2) is 72.3 Å². The van der Waals surface area contributed by atoms with E-state index in [4.69, 9.17) is 4.99 Å². The average molecular weight is 550 g/mol. The molecule has 39 heavy (non-hydrogen) atoms. The second-order valence-electron chi connectivity index (χ2n) is 9.40. The smallest absolute Gasteiger partial charge is 0.143 e. The third kappa shape index (κ3) is 6.44. The molecule has 218 valence electrons. The topological polar surface area (TPSA) is 58.2 Å². The number of nitrogens with one attached hydrogen (secondary N) is 3. The molecule has 0 spiro atoms. The molecule has 0 amide bonds. The molecule has 0 bridgehead atoms. The number of fused-ring (bicyclic) bond motifs is 1. The SMILES string of the molecule is C=C/C(F)=C(C1=NC2=C(C=C(N3CC(C(C)F)N(C)C3)NC2C)C2=C(N1)C(C)N(C)N2)\C(F)=C/C.CC.CC. The maximum Gasteiger partial charge on any atom is 0.143 e.